The predicted molar refractivity (Wildman–Crippen MR) is 363 cm³/mol. The molecule has 0 rings (SSSR count). The third-order valence-electron chi connectivity index (χ3n) is 16.7. The Hall–Kier alpha value is -1.94. The highest BCUT2D eigenvalue weighted by Gasteiger charge is 2.30. The topological polar surface area (TPSA) is 237 Å². The van der Waals surface area contributed by atoms with E-state index < -0.39 is 97.5 Å². The first-order chi connectivity index (χ1) is 43.1. The SMILES string of the molecule is CCC(C)CCCCCCCCCCC(=O)O[C@H](COC(=O)CCCCCCCCCCCCCCCCCCC(C)C)COP(=O)(O)OC[C@@H](O)COP(=O)(O)OC[C@@H](COC(=O)CCCCCCCCC(C)C)OC(=O)CCCCCCCCCC(C)C. The van der Waals surface area contributed by atoms with Gasteiger partial charge in [0.2, 0.25) is 0 Å². The summed E-state index contributed by atoms with van der Waals surface area (Å²) in [4.78, 5) is 72.5. The van der Waals surface area contributed by atoms with Crippen molar-refractivity contribution in [3.05, 3.63) is 0 Å². The molecule has 0 amide bonds. The zero-order valence-corrected chi connectivity index (χ0v) is 60.6. The third kappa shape index (κ3) is 63.5. The van der Waals surface area contributed by atoms with Gasteiger partial charge in [-0.1, -0.05) is 299 Å². The van der Waals surface area contributed by atoms with Crippen LogP contribution in [0.4, 0.5) is 0 Å². The van der Waals surface area contributed by atoms with Crippen LogP contribution in [0.3, 0.4) is 0 Å². The van der Waals surface area contributed by atoms with Crippen LogP contribution in [0.1, 0.15) is 351 Å². The number of rotatable bonds is 68. The lowest BCUT2D eigenvalue weighted by atomic mass is 9.99. The first kappa shape index (κ1) is 88.1. The fourth-order valence-electron chi connectivity index (χ4n) is 10.6. The van der Waals surface area contributed by atoms with E-state index in [1.54, 1.807) is 0 Å². The molecule has 90 heavy (non-hydrogen) atoms. The Morgan fingerprint density at radius 3 is 0.789 bits per heavy atom. The molecule has 0 heterocycles. The molecule has 17 nitrogen and oxygen atoms in total. The van der Waals surface area contributed by atoms with Crippen molar-refractivity contribution in [3.8, 4) is 0 Å². The maximum atomic E-state index is 13.0. The molecule has 0 saturated carbocycles. The number of aliphatic hydroxyl groups excluding tert-OH is 1. The van der Waals surface area contributed by atoms with Gasteiger partial charge in [0.1, 0.15) is 19.3 Å². The molecule has 534 valence electrons. The van der Waals surface area contributed by atoms with Gasteiger partial charge in [0.25, 0.3) is 0 Å². The summed E-state index contributed by atoms with van der Waals surface area (Å²) < 4.78 is 68.2. The van der Waals surface area contributed by atoms with Crippen LogP contribution in [0.15, 0.2) is 0 Å². The predicted octanol–water partition coefficient (Wildman–Crippen LogP) is 20.1. The Bertz CT molecular complexity index is 1780. The van der Waals surface area contributed by atoms with Gasteiger partial charge in [0.15, 0.2) is 12.2 Å². The van der Waals surface area contributed by atoms with E-state index in [9.17, 15) is 43.2 Å². The Kier molecular flexibility index (Phi) is 59.4. The number of carbonyl (C=O) groups excluding carboxylic acids is 4. The van der Waals surface area contributed by atoms with Crippen molar-refractivity contribution in [2.24, 2.45) is 23.7 Å². The van der Waals surface area contributed by atoms with Gasteiger partial charge in [0.05, 0.1) is 26.4 Å². The first-order valence-corrected chi connectivity index (χ1v) is 39.7. The molecule has 0 aliphatic rings. The molecule has 19 heteroatoms. The van der Waals surface area contributed by atoms with Gasteiger partial charge in [0, 0.05) is 25.7 Å². The molecule has 0 radical (unpaired) electrons. The molecule has 0 aliphatic carbocycles. The van der Waals surface area contributed by atoms with Crippen LogP contribution in [0.25, 0.3) is 0 Å². The molecule has 0 aromatic carbocycles. The summed E-state index contributed by atoms with van der Waals surface area (Å²) in [6, 6.07) is 0. The Morgan fingerprint density at radius 1 is 0.311 bits per heavy atom. The maximum absolute atomic E-state index is 13.0. The minimum absolute atomic E-state index is 0.102. The highest BCUT2D eigenvalue weighted by atomic mass is 31.2. The van der Waals surface area contributed by atoms with Gasteiger partial charge in [-0.15, -0.1) is 0 Å². The van der Waals surface area contributed by atoms with Gasteiger partial charge >= 0.3 is 39.5 Å². The molecule has 0 spiro atoms. The molecule has 0 bridgehead atoms. The maximum Gasteiger partial charge on any atom is 0.472 e. The number of hydrogen-bond acceptors (Lipinski definition) is 15. The quantitative estimate of drug-likeness (QED) is 0.0222. The van der Waals surface area contributed by atoms with Crippen LogP contribution >= 0.6 is 15.6 Å². The molecule has 0 fully saturated rings. The van der Waals surface area contributed by atoms with Gasteiger partial charge < -0.3 is 33.8 Å². The minimum Gasteiger partial charge on any atom is -0.462 e. The lowest BCUT2D eigenvalue weighted by molar-refractivity contribution is -0.161. The average molecular weight is 1330 g/mol. The van der Waals surface area contributed by atoms with Crippen molar-refractivity contribution in [1.82, 2.24) is 0 Å². The zero-order chi connectivity index (χ0) is 66.8. The van der Waals surface area contributed by atoms with Gasteiger partial charge in [-0.3, -0.25) is 37.3 Å². The molecule has 0 saturated heterocycles. The van der Waals surface area contributed by atoms with Crippen molar-refractivity contribution >= 4 is 39.5 Å². The Morgan fingerprint density at radius 2 is 0.533 bits per heavy atom. The normalized spacial score (nSPS) is 14.6. The third-order valence-corrected chi connectivity index (χ3v) is 18.6. The van der Waals surface area contributed by atoms with Gasteiger partial charge in [-0.2, -0.15) is 0 Å². The van der Waals surface area contributed by atoms with E-state index in [2.05, 4.69) is 55.4 Å². The van der Waals surface area contributed by atoms with Crippen molar-refractivity contribution in [2.45, 2.75) is 369 Å². The second-order valence-corrected chi connectivity index (χ2v) is 30.2. The van der Waals surface area contributed by atoms with Crippen molar-refractivity contribution in [2.75, 3.05) is 39.6 Å². The molecule has 0 aliphatic heterocycles. The lowest BCUT2D eigenvalue weighted by Gasteiger charge is -2.21. The van der Waals surface area contributed by atoms with Crippen LogP contribution in [0.2, 0.25) is 0 Å². The monoisotopic (exact) mass is 1320 g/mol. The van der Waals surface area contributed by atoms with Gasteiger partial charge in [-0.05, 0) is 49.4 Å². The van der Waals surface area contributed by atoms with Crippen LogP contribution < -0.4 is 0 Å². The van der Waals surface area contributed by atoms with Crippen LogP contribution in [0.5, 0.6) is 0 Å². The molecule has 0 aromatic heterocycles. The molecule has 6 atom stereocenters. The summed E-state index contributed by atoms with van der Waals surface area (Å²) in [6.07, 6.45) is 43.4. The van der Waals surface area contributed by atoms with E-state index >= 15 is 0 Å². The molecule has 3 unspecified atom stereocenters. The first-order valence-electron chi connectivity index (χ1n) is 36.7. The molecular weight excluding hydrogens is 1190 g/mol. The molecular formula is C71H138O17P2. The zero-order valence-electron chi connectivity index (χ0n) is 58.8. The van der Waals surface area contributed by atoms with Crippen molar-refractivity contribution in [3.63, 3.8) is 0 Å². The molecule has 3 N–H and O–H groups in total. The highest BCUT2D eigenvalue weighted by molar-refractivity contribution is 7.47. The molecule has 0 aromatic rings. The summed E-state index contributed by atoms with van der Waals surface area (Å²) in [7, 11) is -9.90. The number of carbonyl (C=O) groups is 4. The number of aliphatic hydroxyl groups is 1. The van der Waals surface area contributed by atoms with Crippen molar-refractivity contribution in [1.29, 1.82) is 0 Å². The van der Waals surface area contributed by atoms with Gasteiger partial charge in [-0.25, -0.2) is 9.13 Å². The summed E-state index contributed by atoms with van der Waals surface area (Å²) >= 11 is 0. The standard InChI is InChI=1S/C71H138O17P2/c1-9-64(8)50-42-34-25-20-21-27-37-45-53-70(75)87-66(57-81-68(73)51-43-35-26-19-17-15-13-11-10-12-14-16-18-23-31-39-47-61(2)3)59-85-89(77,78)83-55-65(72)56-84-90(79,80)86-60-67(58-82-69(74)52-44-36-30-29-33-41-49-63(6)7)88-71(76)54-46-38-28-22-24-32-40-48-62(4)5/h61-67,72H,9-60H2,1-8H3,(H,77,78)(H,79,80)/t64?,65-,66-,67-/m1/s1. The highest BCUT2D eigenvalue weighted by Crippen LogP contribution is 2.45. The smallest absolute Gasteiger partial charge is 0.462 e. The fraction of sp³-hybridized carbons (Fsp3) is 0.944. The largest absolute Gasteiger partial charge is 0.472 e. The second kappa shape index (κ2) is 60.7. The van der Waals surface area contributed by atoms with E-state index in [0.717, 1.165) is 108 Å². The number of phosphoric acid groups is 2. The summed E-state index contributed by atoms with van der Waals surface area (Å²) in [5.41, 5.74) is 0. The number of phosphoric ester groups is 2. The number of unbranched alkanes of at least 4 members (excludes halogenated alkanes) is 33. The lowest BCUT2D eigenvalue weighted by Crippen LogP contribution is -2.30. The van der Waals surface area contributed by atoms with E-state index in [1.165, 1.54) is 148 Å². The average Bonchev–Trinajstić information content (AvgIpc) is 3.63. The summed E-state index contributed by atoms with van der Waals surface area (Å²) in [5.74, 6) is 0.824. The summed E-state index contributed by atoms with van der Waals surface area (Å²) in [6.45, 7) is 14.0. The number of ether oxygens (including phenoxy) is 4. The number of esters is 4. The fourth-order valence-corrected chi connectivity index (χ4v) is 12.2. The van der Waals surface area contributed by atoms with Crippen LogP contribution in [-0.4, -0.2) is 96.7 Å². The van der Waals surface area contributed by atoms with Crippen LogP contribution in [-0.2, 0) is 65.4 Å². The van der Waals surface area contributed by atoms with E-state index in [0.29, 0.717) is 37.5 Å². The second-order valence-electron chi connectivity index (χ2n) is 27.3. The Balaban J connectivity index is 5.18. The van der Waals surface area contributed by atoms with Crippen molar-refractivity contribution < 1.29 is 80.2 Å². The van der Waals surface area contributed by atoms with Crippen LogP contribution in [0, 0.1) is 23.7 Å². The van der Waals surface area contributed by atoms with E-state index in [4.69, 9.17) is 37.0 Å². The summed E-state index contributed by atoms with van der Waals surface area (Å²) in [5, 5.41) is 10.6. The van der Waals surface area contributed by atoms with E-state index in [-0.39, 0.29) is 25.7 Å². The Labute approximate surface area is 549 Å². The van der Waals surface area contributed by atoms with E-state index in [1.807, 2.05) is 0 Å². The minimum atomic E-state index is -4.95. The number of hydrogen-bond donors (Lipinski definition) is 3.